The van der Waals surface area contributed by atoms with E-state index in [9.17, 15) is 9.18 Å². The Bertz CT molecular complexity index is 640. The first-order valence-electron chi connectivity index (χ1n) is 6.18. The number of methoxy groups -OCH3 is 1. The van der Waals surface area contributed by atoms with Crippen molar-refractivity contribution in [1.29, 1.82) is 0 Å². The van der Waals surface area contributed by atoms with Crippen LogP contribution in [0.2, 0.25) is 0 Å². The summed E-state index contributed by atoms with van der Waals surface area (Å²) in [4.78, 5) is 12.6. The molecular formula is C14H14BrFN2O2. The fourth-order valence-corrected chi connectivity index (χ4v) is 2.46. The Morgan fingerprint density at radius 1 is 1.50 bits per heavy atom. The van der Waals surface area contributed by atoms with Gasteiger partial charge in [-0.05, 0) is 34.5 Å². The van der Waals surface area contributed by atoms with E-state index in [1.54, 1.807) is 10.7 Å². The highest BCUT2D eigenvalue weighted by Crippen LogP contribution is 2.27. The maximum atomic E-state index is 14.0. The van der Waals surface area contributed by atoms with Crippen LogP contribution in [0.4, 0.5) is 4.39 Å². The highest BCUT2D eigenvalue weighted by Gasteiger charge is 2.24. The second kappa shape index (κ2) is 6.17. The molecule has 0 saturated heterocycles. The summed E-state index contributed by atoms with van der Waals surface area (Å²) in [7, 11) is 1.41. The van der Waals surface area contributed by atoms with E-state index in [1.165, 1.54) is 25.4 Å². The highest BCUT2D eigenvalue weighted by atomic mass is 79.9. The van der Waals surface area contributed by atoms with Crippen LogP contribution in [0.25, 0.3) is 0 Å². The van der Waals surface area contributed by atoms with Crippen LogP contribution < -0.4 is 4.74 Å². The summed E-state index contributed by atoms with van der Waals surface area (Å²) in [5.74, 6) is -0.838. The molecule has 6 heteroatoms. The Morgan fingerprint density at radius 2 is 2.25 bits per heavy atom. The maximum Gasteiger partial charge on any atom is 0.218 e. The van der Waals surface area contributed by atoms with Crippen molar-refractivity contribution in [3.63, 3.8) is 0 Å². The molecule has 0 N–H and O–H groups in total. The molecule has 2 rings (SSSR count). The molecule has 4 nitrogen and oxygen atoms in total. The van der Waals surface area contributed by atoms with Gasteiger partial charge in [0.1, 0.15) is 22.8 Å². The number of hydrogen-bond acceptors (Lipinski definition) is 3. The number of carbonyl (C=O) groups is 1. The lowest BCUT2D eigenvalue weighted by molar-refractivity contribution is 0.102. The molecule has 0 atom stereocenters. The van der Waals surface area contributed by atoms with Gasteiger partial charge < -0.3 is 4.74 Å². The van der Waals surface area contributed by atoms with Crippen LogP contribution in [0.3, 0.4) is 0 Å². The average molecular weight is 341 g/mol. The first-order valence-corrected chi connectivity index (χ1v) is 6.98. The van der Waals surface area contributed by atoms with Gasteiger partial charge in [-0.25, -0.2) is 4.39 Å². The van der Waals surface area contributed by atoms with Gasteiger partial charge in [-0.15, -0.1) is 0 Å². The lowest BCUT2D eigenvalue weighted by Crippen LogP contribution is -2.14. The lowest BCUT2D eigenvalue weighted by Gasteiger charge is -2.10. The van der Waals surface area contributed by atoms with Gasteiger partial charge in [-0.2, -0.15) is 5.10 Å². The fraction of sp³-hybridized carbons (Fsp3) is 0.286. The van der Waals surface area contributed by atoms with Crippen LogP contribution in [-0.2, 0) is 6.54 Å². The van der Waals surface area contributed by atoms with Crippen LogP contribution in [0.1, 0.15) is 29.4 Å². The second-order valence-electron chi connectivity index (χ2n) is 4.21. The van der Waals surface area contributed by atoms with E-state index in [0.717, 1.165) is 6.42 Å². The molecule has 20 heavy (non-hydrogen) atoms. The van der Waals surface area contributed by atoms with Gasteiger partial charge >= 0.3 is 0 Å². The van der Waals surface area contributed by atoms with Crippen molar-refractivity contribution in [2.45, 2.75) is 19.9 Å². The molecule has 0 aliphatic rings. The first kappa shape index (κ1) is 14.7. The zero-order valence-electron chi connectivity index (χ0n) is 11.2. The molecule has 1 aromatic carbocycles. The SMILES string of the molecule is CCCn1ncc(Br)c1C(=O)c1c(F)cccc1OC. The monoisotopic (exact) mass is 340 g/mol. The van der Waals surface area contributed by atoms with Crippen molar-refractivity contribution in [2.24, 2.45) is 0 Å². The van der Waals surface area contributed by atoms with E-state index >= 15 is 0 Å². The number of benzene rings is 1. The van der Waals surface area contributed by atoms with Crippen LogP contribution in [-0.4, -0.2) is 22.7 Å². The van der Waals surface area contributed by atoms with Crippen LogP contribution in [0, 0.1) is 5.82 Å². The van der Waals surface area contributed by atoms with Gasteiger partial charge in [-0.1, -0.05) is 13.0 Å². The van der Waals surface area contributed by atoms with Gasteiger partial charge in [0.05, 0.1) is 17.8 Å². The van der Waals surface area contributed by atoms with Crippen LogP contribution in [0.15, 0.2) is 28.9 Å². The third-order valence-corrected chi connectivity index (χ3v) is 3.45. The van der Waals surface area contributed by atoms with Crippen molar-refractivity contribution in [1.82, 2.24) is 9.78 Å². The zero-order valence-corrected chi connectivity index (χ0v) is 12.8. The van der Waals surface area contributed by atoms with Crippen molar-refractivity contribution >= 4 is 21.7 Å². The largest absolute Gasteiger partial charge is 0.496 e. The molecule has 1 heterocycles. The number of aryl methyl sites for hydroxylation is 1. The Kier molecular flexibility index (Phi) is 4.54. The minimum Gasteiger partial charge on any atom is -0.496 e. The summed E-state index contributed by atoms with van der Waals surface area (Å²) in [6, 6.07) is 4.30. The number of ketones is 1. The van der Waals surface area contributed by atoms with Crippen LogP contribution >= 0.6 is 15.9 Å². The number of halogens is 2. The van der Waals surface area contributed by atoms with Gasteiger partial charge in [0.15, 0.2) is 0 Å². The number of nitrogens with zero attached hydrogens (tertiary/aromatic N) is 2. The third kappa shape index (κ3) is 2.60. The summed E-state index contributed by atoms with van der Waals surface area (Å²) < 4.78 is 21.2. The maximum absolute atomic E-state index is 14.0. The number of aromatic nitrogens is 2. The number of carbonyl (C=O) groups excluding carboxylic acids is 1. The van der Waals surface area contributed by atoms with Gasteiger partial charge in [0.2, 0.25) is 5.78 Å². The number of rotatable bonds is 5. The standard InChI is InChI=1S/C14H14BrFN2O2/c1-3-7-18-13(9(15)8-17-18)14(19)12-10(16)5-4-6-11(12)20-2/h4-6,8H,3,7H2,1-2H3. The van der Waals surface area contributed by atoms with Crippen molar-refractivity contribution in [3.05, 3.63) is 45.9 Å². The summed E-state index contributed by atoms with van der Waals surface area (Å²) in [5, 5.41) is 4.12. The lowest BCUT2D eigenvalue weighted by atomic mass is 10.1. The van der Waals surface area contributed by atoms with E-state index in [-0.39, 0.29) is 11.3 Å². The smallest absolute Gasteiger partial charge is 0.218 e. The normalized spacial score (nSPS) is 10.6. The highest BCUT2D eigenvalue weighted by molar-refractivity contribution is 9.10. The molecule has 0 fully saturated rings. The molecule has 0 spiro atoms. The topological polar surface area (TPSA) is 44.1 Å². The molecule has 0 radical (unpaired) electrons. The fourth-order valence-electron chi connectivity index (χ4n) is 1.98. The third-order valence-electron chi connectivity index (χ3n) is 2.87. The number of hydrogen-bond donors (Lipinski definition) is 0. The van der Waals surface area contributed by atoms with Crippen molar-refractivity contribution in [2.75, 3.05) is 7.11 Å². The summed E-state index contributed by atoms with van der Waals surface area (Å²) in [6.07, 6.45) is 2.36. The van der Waals surface area contributed by atoms with E-state index < -0.39 is 11.6 Å². The molecule has 0 unspecified atom stereocenters. The average Bonchev–Trinajstić information content (AvgIpc) is 2.79. The van der Waals surface area contributed by atoms with Crippen LogP contribution in [0.5, 0.6) is 5.75 Å². The summed E-state index contributed by atoms with van der Waals surface area (Å²) in [6.45, 7) is 2.57. The van der Waals surface area contributed by atoms with Crippen molar-refractivity contribution < 1.29 is 13.9 Å². The van der Waals surface area contributed by atoms with Gasteiger partial charge in [0.25, 0.3) is 0 Å². The van der Waals surface area contributed by atoms with Gasteiger partial charge in [-0.3, -0.25) is 9.48 Å². The molecule has 2 aromatic rings. The molecule has 106 valence electrons. The van der Waals surface area contributed by atoms with E-state index in [1.807, 2.05) is 6.92 Å². The van der Waals surface area contributed by atoms with E-state index in [0.29, 0.717) is 16.7 Å². The minimum atomic E-state index is -0.606. The summed E-state index contributed by atoms with van der Waals surface area (Å²) in [5.41, 5.74) is 0.254. The summed E-state index contributed by atoms with van der Waals surface area (Å²) >= 11 is 3.29. The molecule has 0 aliphatic heterocycles. The molecular weight excluding hydrogens is 327 g/mol. The quantitative estimate of drug-likeness (QED) is 0.783. The van der Waals surface area contributed by atoms with E-state index in [4.69, 9.17) is 4.74 Å². The molecule has 0 aliphatic carbocycles. The second-order valence-corrected chi connectivity index (χ2v) is 5.06. The number of ether oxygens (including phenoxy) is 1. The zero-order chi connectivity index (χ0) is 14.7. The van der Waals surface area contributed by atoms with E-state index in [2.05, 4.69) is 21.0 Å². The predicted molar refractivity (Wildman–Crippen MR) is 76.6 cm³/mol. The molecule has 0 amide bonds. The Morgan fingerprint density at radius 3 is 2.90 bits per heavy atom. The molecule has 0 bridgehead atoms. The van der Waals surface area contributed by atoms with Gasteiger partial charge in [0, 0.05) is 6.54 Å². The predicted octanol–water partition coefficient (Wildman–Crippen LogP) is 3.43. The Hall–Kier alpha value is -1.69. The Balaban J connectivity index is 2.55. The molecule has 1 aromatic heterocycles. The first-order chi connectivity index (χ1) is 9.60. The minimum absolute atomic E-state index is 0.0754. The van der Waals surface area contributed by atoms with Crippen molar-refractivity contribution in [3.8, 4) is 5.75 Å². The Labute approximate surface area is 124 Å². The molecule has 0 saturated carbocycles.